The molecule has 1 atom stereocenters. The number of hydrogen-bond donors (Lipinski definition) is 1. The fourth-order valence-electron chi connectivity index (χ4n) is 3.19. The van der Waals surface area contributed by atoms with Crippen molar-refractivity contribution in [1.29, 1.82) is 5.26 Å². The lowest BCUT2D eigenvalue weighted by atomic mass is 10.0. The number of likely N-dealkylation sites (tertiary alicyclic amines) is 1. The molecule has 0 aliphatic carbocycles. The van der Waals surface area contributed by atoms with E-state index in [1.165, 1.54) is 0 Å². The van der Waals surface area contributed by atoms with Gasteiger partial charge in [0.15, 0.2) is 0 Å². The van der Waals surface area contributed by atoms with E-state index in [4.69, 9.17) is 15.2 Å². The number of nitrogens with two attached hydrogens (primary N) is 1. The molecule has 6 heteroatoms. The zero-order chi connectivity index (χ0) is 19.1. The molecule has 1 heterocycles. The van der Waals surface area contributed by atoms with Gasteiger partial charge < -0.3 is 20.1 Å². The summed E-state index contributed by atoms with van der Waals surface area (Å²) < 4.78 is 11.3. The third-order valence-corrected chi connectivity index (χ3v) is 4.67. The Morgan fingerprint density at radius 2 is 2.00 bits per heavy atom. The third kappa shape index (κ3) is 4.70. The van der Waals surface area contributed by atoms with E-state index in [1.54, 1.807) is 23.1 Å². The van der Waals surface area contributed by atoms with Crippen molar-refractivity contribution in [1.82, 2.24) is 4.90 Å². The Labute approximate surface area is 159 Å². The van der Waals surface area contributed by atoms with Crippen molar-refractivity contribution in [2.75, 3.05) is 18.9 Å². The molecule has 1 saturated heterocycles. The smallest absolute Gasteiger partial charge is 0.410 e. The quantitative estimate of drug-likeness (QED) is 0.816. The normalized spacial score (nSPS) is 16.4. The molecule has 6 nitrogen and oxygen atoms in total. The summed E-state index contributed by atoms with van der Waals surface area (Å²) in [5.74, 6) is 0.445. The molecule has 1 aliphatic rings. The van der Waals surface area contributed by atoms with Gasteiger partial charge in [-0.15, -0.1) is 0 Å². The summed E-state index contributed by atoms with van der Waals surface area (Å²) in [4.78, 5) is 14.3. The SMILES string of the molecule is N#Cc1c(N)cccc1OCC1CCCCN1C(=O)OCc1ccccc1. The Morgan fingerprint density at radius 1 is 1.19 bits per heavy atom. The van der Waals surface area contributed by atoms with Crippen molar-refractivity contribution in [3.63, 3.8) is 0 Å². The van der Waals surface area contributed by atoms with Crippen LogP contribution in [0.2, 0.25) is 0 Å². The molecule has 27 heavy (non-hydrogen) atoms. The minimum Gasteiger partial charge on any atom is -0.490 e. The van der Waals surface area contributed by atoms with Crippen LogP contribution in [0.1, 0.15) is 30.4 Å². The topological polar surface area (TPSA) is 88.6 Å². The summed E-state index contributed by atoms with van der Waals surface area (Å²) in [6.45, 7) is 1.19. The standard InChI is InChI=1S/C21H23N3O3/c22-13-18-19(23)10-6-11-20(18)26-15-17-9-4-5-12-24(17)21(25)27-14-16-7-2-1-3-8-16/h1-3,6-8,10-11,17H,4-5,9,12,14-15,23H2. The van der Waals surface area contributed by atoms with Crippen LogP contribution in [-0.2, 0) is 11.3 Å². The second-order valence-corrected chi connectivity index (χ2v) is 6.53. The van der Waals surface area contributed by atoms with E-state index in [-0.39, 0.29) is 18.7 Å². The van der Waals surface area contributed by atoms with Gasteiger partial charge in [-0.1, -0.05) is 36.4 Å². The van der Waals surface area contributed by atoms with Crippen LogP contribution in [0.4, 0.5) is 10.5 Å². The van der Waals surface area contributed by atoms with Crippen LogP contribution in [0.15, 0.2) is 48.5 Å². The van der Waals surface area contributed by atoms with E-state index in [2.05, 4.69) is 6.07 Å². The number of carbonyl (C=O) groups is 1. The third-order valence-electron chi connectivity index (χ3n) is 4.67. The van der Waals surface area contributed by atoms with Gasteiger partial charge in [0.25, 0.3) is 0 Å². The molecule has 2 N–H and O–H groups in total. The maximum atomic E-state index is 12.5. The average Bonchev–Trinajstić information content (AvgIpc) is 2.71. The Bertz CT molecular complexity index is 817. The van der Waals surface area contributed by atoms with Gasteiger partial charge in [0.05, 0.1) is 11.7 Å². The van der Waals surface area contributed by atoms with Crippen molar-refractivity contribution in [3.05, 3.63) is 59.7 Å². The molecule has 0 aromatic heterocycles. The maximum absolute atomic E-state index is 12.5. The molecule has 1 unspecified atom stereocenters. The van der Waals surface area contributed by atoms with Crippen LogP contribution in [0.25, 0.3) is 0 Å². The van der Waals surface area contributed by atoms with Gasteiger partial charge in [-0.05, 0) is 37.0 Å². The van der Waals surface area contributed by atoms with Crippen molar-refractivity contribution < 1.29 is 14.3 Å². The molecule has 3 rings (SSSR count). The van der Waals surface area contributed by atoms with Gasteiger partial charge >= 0.3 is 6.09 Å². The molecule has 140 valence electrons. The summed E-state index contributed by atoms with van der Waals surface area (Å²) in [7, 11) is 0. The first-order valence-corrected chi connectivity index (χ1v) is 9.07. The lowest BCUT2D eigenvalue weighted by Gasteiger charge is -2.34. The number of amides is 1. The van der Waals surface area contributed by atoms with Gasteiger partial charge in [-0.25, -0.2) is 4.79 Å². The highest BCUT2D eigenvalue weighted by molar-refractivity contribution is 5.68. The van der Waals surface area contributed by atoms with Crippen molar-refractivity contribution in [2.24, 2.45) is 0 Å². The molecule has 1 amide bonds. The summed E-state index contributed by atoms with van der Waals surface area (Å²) in [6.07, 6.45) is 2.47. The highest BCUT2D eigenvalue weighted by Crippen LogP contribution is 2.25. The Hall–Kier alpha value is -3.20. The molecular formula is C21H23N3O3. The van der Waals surface area contributed by atoms with E-state index in [1.807, 2.05) is 30.3 Å². The number of carbonyl (C=O) groups excluding carboxylic acids is 1. The first kappa shape index (κ1) is 18.6. The number of rotatable bonds is 5. The number of anilines is 1. The molecule has 0 saturated carbocycles. The van der Waals surface area contributed by atoms with Crippen molar-refractivity contribution in [2.45, 2.75) is 31.9 Å². The molecule has 2 aromatic rings. The Kier molecular flexibility index (Phi) is 6.16. The van der Waals surface area contributed by atoms with E-state index < -0.39 is 0 Å². The second kappa shape index (κ2) is 8.95. The van der Waals surface area contributed by atoms with Gasteiger partial charge in [0.2, 0.25) is 0 Å². The number of nitriles is 1. The number of nitrogens with zero attached hydrogens (tertiary/aromatic N) is 2. The number of piperidine rings is 1. The minimum atomic E-state index is -0.333. The summed E-state index contributed by atoms with van der Waals surface area (Å²) in [5, 5.41) is 9.26. The van der Waals surface area contributed by atoms with Crippen molar-refractivity contribution in [3.8, 4) is 11.8 Å². The predicted molar refractivity (Wildman–Crippen MR) is 102 cm³/mol. The van der Waals surface area contributed by atoms with E-state index in [9.17, 15) is 10.1 Å². The van der Waals surface area contributed by atoms with Crippen LogP contribution in [0.5, 0.6) is 5.75 Å². The van der Waals surface area contributed by atoms with Crippen molar-refractivity contribution >= 4 is 11.8 Å². The zero-order valence-electron chi connectivity index (χ0n) is 15.1. The maximum Gasteiger partial charge on any atom is 0.410 e. The monoisotopic (exact) mass is 365 g/mol. The number of hydrogen-bond acceptors (Lipinski definition) is 5. The Morgan fingerprint density at radius 3 is 2.78 bits per heavy atom. The lowest BCUT2D eigenvalue weighted by molar-refractivity contribution is 0.0538. The van der Waals surface area contributed by atoms with Crippen LogP contribution >= 0.6 is 0 Å². The second-order valence-electron chi connectivity index (χ2n) is 6.53. The van der Waals surface area contributed by atoms with Gasteiger partial charge in [0, 0.05) is 6.54 Å². The first-order valence-electron chi connectivity index (χ1n) is 9.07. The number of ether oxygens (including phenoxy) is 2. The fourth-order valence-corrected chi connectivity index (χ4v) is 3.19. The largest absolute Gasteiger partial charge is 0.490 e. The number of benzene rings is 2. The lowest BCUT2D eigenvalue weighted by Crippen LogP contribution is -2.46. The molecule has 0 spiro atoms. The van der Waals surface area contributed by atoms with Gasteiger partial charge in [-0.3, -0.25) is 0 Å². The molecule has 2 aromatic carbocycles. The zero-order valence-corrected chi connectivity index (χ0v) is 15.1. The summed E-state index contributed by atoms with van der Waals surface area (Å²) >= 11 is 0. The van der Waals surface area contributed by atoms with Crippen LogP contribution in [0.3, 0.4) is 0 Å². The van der Waals surface area contributed by atoms with E-state index in [0.717, 1.165) is 24.8 Å². The molecule has 1 fully saturated rings. The van der Waals surface area contributed by atoms with E-state index >= 15 is 0 Å². The molecular weight excluding hydrogens is 342 g/mol. The highest BCUT2D eigenvalue weighted by atomic mass is 16.6. The summed E-state index contributed by atoms with van der Waals surface area (Å²) in [6, 6.07) is 16.7. The predicted octanol–water partition coefficient (Wildman–Crippen LogP) is 3.71. The van der Waals surface area contributed by atoms with Crippen LogP contribution in [-0.4, -0.2) is 30.2 Å². The van der Waals surface area contributed by atoms with E-state index in [0.29, 0.717) is 30.2 Å². The molecule has 1 aliphatic heterocycles. The Balaban J connectivity index is 1.61. The number of nitrogen functional groups attached to an aromatic ring is 1. The highest BCUT2D eigenvalue weighted by Gasteiger charge is 2.28. The fraction of sp³-hybridized carbons (Fsp3) is 0.333. The molecule has 0 radical (unpaired) electrons. The van der Waals surface area contributed by atoms with Crippen LogP contribution in [0, 0.1) is 11.3 Å². The van der Waals surface area contributed by atoms with Gasteiger partial charge in [-0.2, -0.15) is 5.26 Å². The summed E-state index contributed by atoms with van der Waals surface area (Å²) in [5.41, 5.74) is 7.49. The van der Waals surface area contributed by atoms with Gasteiger partial charge in [0.1, 0.15) is 30.6 Å². The first-order chi connectivity index (χ1) is 13.2. The average molecular weight is 365 g/mol. The minimum absolute atomic E-state index is 0.0880. The molecule has 0 bridgehead atoms. The van der Waals surface area contributed by atoms with Crippen LogP contribution < -0.4 is 10.5 Å².